The van der Waals surface area contributed by atoms with Crippen molar-refractivity contribution in [3.05, 3.63) is 0 Å². The van der Waals surface area contributed by atoms with Gasteiger partial charge >= 0.3 is 0 Å². The van der Waals surface area contributed by atoms with E-state index >= 15 is 0 Å². The number of nitrogens with one attached hydrogen (secondary N) is 2. The average molecular weight is 364 g/mol. The Kier molecular flexibility index (Phi) is 9.86. The van der Waals surface area contributed by atoms with Gasteiger partial charge in [0.15, 0.2) is 6.29 Å². The number of rotatable bonds is 10. The molecule has 0 aromatic rings. The maximum atomic E-state index is 11.3. The van der Waals surface area contributed by atoms with E-state index in [4.69, 9.17) is 14.6 Å². The van der Waals surface area contributed by atoms with Crippen LogP contribution in [0.3, 0.4) is 0 Å². The van der Waals surface area contributed by atoms with E-state index in [1.807, 2.05) is 0 Å². The molecule has 1 aliphatic rings. The van der Waals surface area contributed by atoms with Gasteiger partial charge in [0.2, 0.25) is 11.8 Å². The van der Waals surface area contributed by atoms with E-state index in [2.05, 4.69) is 10.6 Å². The molecule has 0 radical (unpaired) electrons. The van der Waals surface area contributed by atoms with Gasteiger partial charge in [0.1, 0.15) is 31.1 Å². The number of carbonyl (C=O) groups excluding carboxylic acids is 2. The smallest absolute Gasteiger partial charge is 0.221 e. The Morgan fingerprint density at radius 2 is 1.84 bits per heavy atom. The molecule has 10 nitrogen and oxygen atoms in total. The number of unbranched alkanes of at least 4 members (excludes halogenated alkanes) is 2. The third-order valence-electron chi connectivity index (χ3n) is 3.86. The first-order valence-electron chi connectivity index (χ1n) is 8.29. The third kappa shape index (κ3) is 7.22. The van der Waals surface area contributed by atoms with Gasteiger partial charge in [-0.1, -0.05) is 6.42 Å². The maximum absolute atomic E-state index is 11.3. The fraction of sp³-hybridized carbons (Fsp3) is 0.867. The molecular formula is C15H28N2O8. The molecule has 2 amide bonds. The zero-order valence-corrected chi connectivity index (χ0v) is 14.3. The first kappa shape index (κ1) is 21.7. The predicted octanol–water partition coefficient (Wildman–Crippen LogP) is -2.43. The summed E-state index contributed by atoms with van der Waals surface area (Å²) in [6, 6.07) is -0.953. The summed E-state index contributed by atoms with van der Waals surface area (Å²) in [5, 5.41) is 42.5. The molecule has 6 N–H and O–H groups in total. The van der Waals surface area contributed by atoms with Crippen LogP contribution >= 0.6 is 0 Å². The van der Waals surface area contributed by atoms with E-state index in [0.29, 0.717) is 25.7 Å². The lowest BCUT2D eigenvalue weighted by Crippen LogP contribution is -2.64. The number of amides is 2. The summed E-state index contributed by atoms with van der Waals surface area (Å²) >= 11 is 0. The first-order chi connectivity index (χ1) is 11.9. The van der Waals surface area contributed by atoms with Crippen molar-refractivity contribution in [2.75, 3.05) is 19.9 Å². The normalized spacial score (nSPS) is 29.2. The van der Waals surface area contributed by atoms with Gasteiger partial charge in [-0.3, -0.25) is 9.59 Å². The van der Waals surface area contributed by atoms with Gasteiger partial charge in [0, 0.05) is 20.0 Å². The number of aliphatic hydroxyl groups is 4. The Morgan fingerprint density at radius 1 is 1.12 bits per heavy atom. The highest BCUT2D eigenvalue weighted by atomic mass is 16.7. The van der Waals surface area contributed by atoms with Gasteiger partial charge in [-0.05, 0) is 12.8 Å². The number of aliphatic hydroxyl groups excluding tert-OH is 4. The second-order valence-electron chi connectivity index (χ2n) is 5.87. The SMILES string of the molecule is CC(=O)N[C@H]1C(O)[C@@H](O)C(CO)O[C@H]1OCCCCCC(=O)NCO. The largest absolute Gasteiger partial charge is 0.394 e. The highest BCUT2D eigenvalue weighted by Crippen LogP contribution is 2.22. The topological polar surface area (TPSA) is 158 Å². The summed E-state index contributed by atoms with van der Waals surface area (Å²) in [6.45, 7) is 0.644. The van der Waals surface area contributed by atoms with E-state index in [1.165, 1.54) is 6.92 Å². The predicted molar refractivity (Wildman–Crippen MR) is 85.0 cm³/mol. The van der Waals surface area contributed by atoms with E-state index < -0.39 is 43.2 Å². The lowest BCUT2D eigenvalue weighted by Gasteiger charge is -2.42. The van der Waals surface area contributed by atoms with Crippen LogP contribution in [0.1, 0.15) is 32.6 Å². The Balaban J connectivity index is 2.41. The summed E-state index contributed by atoms with van der Waals surface area (Å²) in [5.41, 5.74) is 0. The minimum absolute atomic E-state index is 0.229. The molecule has 1 heterocycles. The van der Waals surface area contributed by atoms with Crippen molar-refractivity contribution in [2.45, 2.75) is 63.3 Å². The van der Waals surface area contributed by atoms with Crippen LogP contribution in [0.25, 0.3) is 0 Å². The number of carbonyl (C=O) groups is 2. The monoisotopic (exact) mass is 364 g/mol. The van der Waals surface area contributed by atoms with Gasteiger partial charge in [-0.2, -0.15) is 0 Å². The molecule has 0 aliphatic carbocycles. The van der Waals surface area contributed by atoms with E-state index in [9.17, 15) is 24.9 Å². The van der Waals surface area contributed by atoms with Gasteiger partial charge in [0.25, 0.3) is 0 Å². The van der Waals surface area contributed by atoms with Crippen molar-refractivity contribution in [3.63, 3.8) is 0 Å². The quantitative estimate of drug-likeness (QED) is 0.184. The molecule has 1 saturated heterocycles. The van der Waals surface area contributed by atoms with Crippen molar-refractivity contribution in [2.24, 2.45) is 0 Å². The summed E-state index contributed by atoms with van der Waals surface area (Å²) < 4.78 is 11.0. The van der Waals surface area contributed by atoms with Gasteiger partial charge < -0.3 is 40.5 Å². The molecule has 146 valence electrons. The van der Waals surface area contributed by atoms with Crippen LogP contribution in [-0.2, 0) is 19.1 Å². The standard InChI is InChI=1S/C15H28N2O8/c1-9(20)17-12-14(23)13(22)10(7-18)25-15(12)24-6-4-2-3-5-11(21)16-8-19/h10,12-15,18-19,22-23H,2-8H2,1H3,(H,16,21)(H,17,20)/t10?,12-,13-,14?,15+/m0/s1. The van der Waals surface area contributed by atoms with Gasteiger partial charge in [-0.25, -0.2) is 0 Å². The maximum Gasteiger partial charge on any atom is 0.221 e. The Morgan fingerprint density at radius 3 is 2.44 bits per heavy atom. The number of hydrogen-bond acceptors (Lipinski definition) is 8. The highest BCUT2D eigenvalue weighted by molar-refractivity contribution is 5.75. The van der Waals surface area contributed by atoms with Crippen molar-refractivity contribution < 1.29 is 39.5 Å². The van der Waals surface area contributed by atoms with Crippen LogP contribution < -0.4 is 10.6 Å². The molecule has 0 bridgehead atoms. The Labute approximate surface area is 146 Å². The fourth-order valence-corrected chi connectivity index (χ4v) is 2.55. The van der Waals surface area contributed by atoms with Crippen LogP contribution in [0.5, 0.6) is 0 Å². The van der Waals surface area contributed by atoms with Crippen LogP contribution in [0.15, 0.2) is 0 Å². The molecule has 1 aliphatic heterocycles. The van der Waals surface area contributed by atoms with E-state index in [0.717, 1.165) is 0 Å². The lowest BCUT2D eigenvalue weighted by atomic mass is 9.97. The minimum Gasteiger partial charge on any atom is -0.394 e. The zero-order valence-electron chi connectivity index (χ0n) is 14.3. The number of ether oxygens (including phenoxy) is 2. The molecular weight excluding hydrogens is 336 g/mol. The second kappa shape index (κ2) is 11.3. The Hall–Kier alpha value is -1.30. The molecule has 0 aromatic carbocycles. The average Bonchev–Trinajstić information content (AvgIpc) is 2.56. The van der Waals surface area contributed by atoms with Crippen molar-refractivity contribution >= 4 is 11.8 Å². The summed E-state index contributed by atoms with van der Waals surface area (Å²) in [5.74, 6) is -0.640. The molecule has 2 unspecified atom stereocenters. The van der Waals surface area contributed by atoms with Crippen LogP contribution in [-0.4, -0.2) is 82.8 Å². The Bertz CT molecular complexity index is 422. The highest BCUT2D eigenvalue weighted by Gasteiger charge is 2.45. The van der Waals surface area contributed by atoms with Crippen molar-refractivity contribution in [1.29, 1.82) is 0 Å². The fourth-order valence-electron chi connectivity index (χ4n) is 2.55. The summed E-state index contributed by atoms with van der Waals surface area (Å²) in [7, 11) is 0. The molecule has 25 heavy (non-hydrogen) atoms. The first-order valence-corrected chi connectivity index (χ1v) is 8.29. The minimum atomic E-state index is -1.34. The molecule has 10 heteroatoms. The third-order valence-corrected chi connectivity index (χ3v) is 3.86. The molecule has 0 aromatic heterocycles. The second-order valence-corrected chi connectivity index (χ2v) is 5.87. The van der Waals surface area contributed by atoms with Crippen molar-refractivity contribution in [3.8, 4) is 0 Å². The summed E-state index contributed by atoms with van der Waals surface area (Å²) in [4.78, 5) is 22.4. The lowest BCUT2D eigenvalue weighted by molar-refractivity contribution is -0.270. The molecule has 1 fully saturated rings. The molecule has 0 spiro atoms. The molecule has 5 atom stereocenters. The van der Waals surface area contributed by atoms with Crippen LogP contribution in [0.4, 0.5) is 0 Å². The zero-order chi connectivity index (χ0) is 18.8. The van der Waals surface area contributed by atoms with E-state index in [1.54, 1.807) is 0 Å². The van der Waals surface area contributed by atoms with E-state index in [-0.39, 0.29) is 19.2 Å². The molecule has 0 saturated carbocycles. The van der Waals surface area contributed by atoms with Crippen molar-refractivity contribution in [1.82, 2.24) is 10.6 Å². The summed E-state index contributed by atoms with van der Waals surface area (Å²) in [6.07, 6.45) is -2.45. The number of hydrogen-bond donors (Lipinski definition) is 6. The molecule has 1 rings (SSSR count). The van der Waals surface area contributed by atoms with Gasteiger partial charge in [-0.15, -0.1) is 0 Å². The van der Waals surface area contributed by atoms with Crippen LogP contribution in [0, 0.1) is 0 Å². The van der Waals surface area contributed by atoms with Gasteiger partial charge in [0.05, 0.1) is 6.61 Å². The van der Waals surface area contributed by atoms with Crippen LogP contribution in [0.2, 0.25) is 0 Å².